The van der Waals surface area contributed by atoms with E-state index in [-0.39, 0.29) is 18.4 Å². The van der Waals surface area contributed by atoms with Crippen LogP contribution in [0.2, 0.25) is 0 Å². The number of likely N-dealkylation sites (tertiary alicyclic amines) is 1. The number of fused-ring (bicyclic) bond motifs is 2. The number of cyclic esters (lactones) is 1. The van der Waals surface area contributed by atoms with Crippen LogP contribution in [0.3, 0.4) is 0 Å². The van der Waals surface area contributed by atoms with Gasteiger partial charge in [0, 0.05) is 25.4 Å². The summed E-state index contributed by atoms with van der Waals surface area (Å²) in [5.41, 5.74) is -1.72. The van der Waals surface area contributed by atoms with Gasteiger partial charge in [-0.2, -0.15) is 0 Å². The molecule has 4 aliphatic rings. The normalized spacial score (nSPS) is 32.7. The third-order valence-electron chi connectivity index (χ3n) is 8.69. The molecule has 5 rings (SSSR count). The third kappa shape index (κ3) is 4.94. The number of amides is 2. The van der Waals surface area contributed by atoms with Crippen molar-refractivity contribution >= 4 is 23.5 Å². The van der Waals surface area contributed by atoms with Crippen LogP contribution in [0.5, 0.6) is 5.75 Å². The molecule has 0 aromatic heterocycles. The van der Waals surface area contributed by atoms with Gasteiger partial charge in [-0.3, -0.25) is 14.4 Å². The summed E-state index contributed by atoms with van der Waals surface area (Å²) < 4.78 is 17.8. The number of esters is 1. The first-order chi connectivity index (χ1) is 19.4. The molecule has 4 aliphatic heterocycles. The molecule has 5 atom stereocenters. The maximum absolute atomic E-state index is 14.5. The van der Waals surface area contributed by atoms with Gasteiger partial charge in [-0.25, -0.2) is 0 Å². The molecule has 2 fully saturated rings. The Kier molecular flexibility index (Phi) is 8.33. The summed E-state index contributed by atoms with van der Waals surface area (Å²) in [6.45, 7) is 2.92. The summed E-state index contributed by atoms with van der Waals surface area (Å²) in [5, 5.41) is 9.16. The van der Waals surface area contributed by atoms with E-state index < -0.39 is 35.0 Å². The van der Waals surface area contributed by atoms with Crippen LogP contribution in [0.15, 0.2) is 48.6 Å². The summed E-state index contributed by atoms with van der Waals surface area (Å²) in [6, 6.07) is 6.33. The predicted molar refractivity (Wildman–Crippen MR) is 149 cm³/mol. The highest BCUT2D eigenvalue weighted by Gasteiger charge is 2.74. The minimum atomic E-state index is -1.31. The van der Waals surface area contributed by atoms with E-state index in [0.717, 1.165) is 32.1 Å². The summed E-state index contributed by atoms with van der Waals surface area (Å²) in [5.74, 6) is -2.03. The zero-order valence-electron chi connectivity index (χ0n) is 23.4. The molecule has 0 saturated carbocycles. The number of aliphatic hydroxyl groups excluding tert-OH is 1. The van der Waals surface area contributed by atoms with Crippen molar-refractivity contribution in [2.45, 2.75) is 69.1 Å². The number of benzene rings is 1. The van der Waals surface area contributed by atoms with Crippen molar-refractivity contribution in [3.05, 3.63) is 48.6 Å². The molecule has 0 aliphatic carbocycles. The van der Waals surface area contributed by atoms with E-state index in [2.05, 4.69) is 0 Å². The highest BCUT2D eigenvalue weighted by Crippen LogP contribution is 2.57. The number of unbranched alkanes of at least 4 members (excludes halogenated alkanes) is 3. The topological polar surface area (TPSA) is 106 Å². The maximum Gasteiger partial charge on any atom is 0.313 e. The summed E-state index contributed by atoms with van der Waals surface area (Å²) >= 11 is 0. The number of nitrogens with zero attached hydrogens (tertiary/aromatic N) is 2. The number of anilines is 1. The van der Waals surface area contributed by atoms with Gasteiger partial charge < -0.3 is 29.1 Å². The Morgan fingerprint density at radius 3 is 2.50 bits per heavy atom. The Balaban J connectivity index is 1.56. The number of ether oxygens (including phenoxy) is 3. The van der Waals surface area contributed by atoms with E-state index >= 15 is 0 Å². The average Bonchev–Trinajstić information content (AvgIpc) is 3.27. The molecule has 4 heterocycles. The molecule has 1 aromatic carbocycles. The molecule has 216 valence electrons. The molecule has 1 aromatic rings. The molecule has 0 bridgehead atoms. The second-order valence-corrected chi connectivity index (χ2v) is 11.3. The summed E-state index contributed by atoms with van der Waals surface area (Å²) in [7, 11) is 1.59. The van der Waals surface area contributed by atoms with Gasteiger partial charge in [0.05, 0.1) is 25.2 Å². The fraction of sp³-hybridized carbons (Fsp3) is 0.581. The molecular formula is C31H40N2O7. The second kappa shape index (κ2) is 11.7. The quantitative estimate of drug-likeness (QED) is 0.299. The zero-order valence-corrected chi connectivity index (χ0v) is 23.4. The fourth-order valence-electron chi connectivity index (χ4n) is 6.78. The van der Waals surface area contributed by atoms with Crippen LogP contribution in [-0.2, 0) is 23.9 Å². The summed E-state index contributed by atoms with van der Waals surface area (Å²) in [6.07, 6.45) is 13.1. The smallest absolute Gasteiger partial charge is 0.313 e. The summed E-state index contributed by atoms with van der Waals surface area (Å²) in [4.78, 5) is 45.6. The van der Waals surface area contributed by atoms with Gasteiger partial charge in [-0.15, -0.1) is 0 Å². The molecule has 40 heavy (non-hydrogen) atoms. The molecular weight excluding hydrogens is 512 g/mol. The van der Waals surface area contributed by atoms with Crippen LogP contribution < -0.4 is 9.64 Å². The molecule has 2 amide bonds. The van der Waals surface area contributed by atoms with Crippen LogP contribution in [0.25, 0.3) is 0 Å². The second-order valence-electron chi connectivity index (χ2n) is 11.3. The van der Waals surface area contributed by atoms with Gasteiger partial charge >= 0.3 is 5.97 Å². The van der Waals surface area contributed by atoms with E-state index in [9.17, 15) is 14.4 Å². The fourth-order valence-corrected chi connectivity index (χ4v) is 6.78. The van der Waals surface area contributed by atoms with Crippen molar-refractivity contribution in [2.24, 2.45) is 11.8 Å². The van der Waals surface area contributed by atoms with Crippen LogP contribution in [-0.4, -0.2) is 78.4 Å². The number of rotatable bonds is 8. The number of hydrogen-bond acceptors (Lipinski definition) is 7. The van der Waals surface area contributed by atoms with Crippen molar-refractivity contribution in [1.82, 2.24) is 4.90 Å². The lowest BCUT2D eigenvalue weighted by Crippen LogP contribution is -2.56. The van der Waals surface area contributed by atoms with E-state index in [0.29, 0.717) is 44.0 Å². The number of carbonyl (C=O) groups is 3. The third-order valence-corrected chi connectivity index (χ3v) is 8.69. The monoisotopic (exact) mass is 552 g/mol. The van der Waals surface area contributed by atoms with Crippen LogP contribution >= 0.6 is 0 Å². The van der Waals surface area contributed by atoms with Crippen LogP contribution in [0.1, 0.15) is 51.9 Å². The number of hydrogen-bond donors (Lipinski definition) is 1. The Labute approximate surface area is 235 Å². The Bertz CT molecular complexity index is 1160. The number of carbonyl (C=O) groups excluding carboxylic acids is 3. The van der Waals surface area contributed by atoms with Crippen molar-refractivity contribution in [3.8, 4) is 5.75 Å². The number of allylic oxidation sites excluding steroid dienone is 1. The molecule has 1 unspecified atom stereocenters. The Morgan fingerprint density at radius 1 is 0.975 bits per heavy atom. The van der Waals surface area contributed by atoms with Crippen molar-refractivity contribution in [2.75, 3.05) is 38.3 Å². The lowest BCUT2D eigenvalue weighted by Gasteiger charge is -2.37. The van der Waals surface area contributed by atoms with E-state index in [1.165, 1.54) is 0 Å². The number of methoxy groups -OCH3 is 1. The van der Waals surface area contributed by atoms with Crippen molar-refractivity contribution in [1.29, 1.82) is 0 Å². The first-order valence-electron chi connectivity index (χ1n) is 14.5. The minimum absolute atomic E-state index is 0.125. The molecule has 1 spiro atoms. The first kappa shape index (κ1) is 28.4. The zero-order chi connectivity index (χ0) is 28.3. The molecule has 0 radical (unpaired) electrons. The van der Waals surface area contributed by atoms with E-state index in [1.54, 1.807) is 29.0 Å². The number of aliphatic hydroxyl groups is 1. The SMILES string of the molecule is COc1ccc(N2CC=C[C@]34O[C@@]5(C)/C=C\CCCCOC(=O)[C@H]5[C@H]3C(=O)N(CCCCCCO)C4C2=O)cc1. The van der Waals surface area contributed by atoms with Gasteiger partial charge in [-0.1, -0.05) is 37.1 Å². The van der Waals surface area contributed by atoms with Gasteiger partial charge in [0.2, 0.25) is 5.91 Å². The lowest BCUT2D eigenvalue weighted by molar-refractivity contribution is -0.158. The Hall–Kier alpha value is -3.17. The van der Waals surface area contributed by atoms with Gasteiger partial charge in [0.25, 0.3) is 5.91 Å². The molecule has 9 nitrogen and oxygen atoms in total. The minimum Gasteiger partial charge on any atom is -0.497 e. The highest BCUT2D eigenvalue weighted by molar-refractivity contribution is 6.05. The van der Waals surface area contributed by atoms with Gasteiger partial charge in [-0.05, 0) is 63.3 Å². The van der Waals surface area contributed by atoms with Crippen molar-refractivity contribution < 1.29 is 33.7 Å². The first-order valence-corrected chi connectivity index (χ1v) is 14.5. The lowest BCUT2D eigenvalue weighted by atomic mass is 9.74. The van der Waals surface area contributed by atoms with Crippen LogP contribution in [0, 0.1) is 11.8 Å². The predicted octanol–water partition coefficient (Wildman–Crippen LogP) is 3.40. The van der Waals surface area contributed by atoms with E-state index in [1.807, 2.05) is 43.4 Å². The highest BCUT2D eigenvalue weighted by atomic mass is 16.6. The largest absolute Gasteiger partial charge is 0.497 e. The maximum atomic E-state index is 14.5. The van der Waals surface area contributed by atoms with Gasteiger partial charge in [0.15, 0.2) is 0 Å². The average molecular weight is 553 g/mol. The molecule has 9 heteroatoms. The molecule has 2 saturated heterocycles. The van der Waals surface area contributed by atoms with Crippen LogP contribution in [0.4, 0.5) is 5.69 Å². The van der Waals surface area contributed by atoms with Gasteiger partial charge in [0.1, 0.15) is 23.3 Å². The van der Waals surface area contributed by atoms with Crippen molar-refractivity contribution in [3.63, 3.8) is 0 Å². The standard InChI is InChI=1S/C31H40N2O7/c1-30-16-7-3-6-10-21-39-29(37)25(30)24-27(35)33(18-8-4-5-9-20-34)26-28(36)32(19-11-17-31(24,26)40-30)22-12-14-23(38-2)15-13-22/h7,11-17,24-26,34H,3-6,8-10,18-21H2,1-2H3/b16-7-/t24-,25+,26?,30-,31-/m0/s1. The Morgan fingerprint density at radius 2 is 1.75 bits per heavy atom. The molecule has 1 N–H and O–H groups in total. The van der Waals surface area contributed by atoms with E-state index in [4.69, 9.17) is 19.3 Å².